The molecule has 7 nitrogen and oxygen atoms in total. The van der Waals surface area contributed by atoms with Gasteiger partial charge in [-0.15, -0.1) is 0 Å². The average molecular weight is 355 g/mol. The predicted octanol–water partition coefficient (Wildman–Crippen LogP) is 0.740. The summed E-state index contributed by atoms with van der Waals surface area (Å²) in [6.07, 6.45) is 0.782. The number of hydrogen-bond acceptors (Lipinski definition) is 4. The SMILES string of the molecule is N#CCNC(=O)C1(c2ccc(CNS(=O)O)c(F)c2)CCOCC1. The Morgan fingerprint density at radius 3 is 2.75 bits per heavy atom. The number of rotatable bonds is 6. The van der Waals surface area contributed by atoms with Gasteiger partial charge in [0.25, 0.3) is 0 Å². The molecule has 3 N–H and O–H groups in total. The Morgan fingerprint density at radius 1 is 1.46 bits per heavy atom. The minimum atomic E-state index is -2.23. The fourth-order valence-electron chi connectivity index (χ4n) is 2.78. The van der Waals surface area contributed by atoms with E-state index >= 15 is 0 Å². The second-order valence-electron chi connectivity index (χ2n) is 5.41. The summed E-state index contributed by atoms with van der Waals surface area (Å²) in [5, 5.41) is 11.2. The Bertz CT molecular complexity index is 671. The number of benzene rings is 1. The molecule has 1 saturated heterocycles. The van der Waals surface area contributed by atoms with E-state index in [0.29, 0.717) is 31.6 Å². The first-order chi connectivity index (χ1) is 11.5. The van der Waals surface area contributed by atoms with Gasteiger partial charge in [0.1, 0.15) is 12.4 Å². The molecule has 9 heteroatoms. The molecule has 130 valence electrons. The third kappa shape index (κ3) is 4.15. The predicted molar refractivity (Wildman–Crippen MR) is 84.4 cm³/mol. The van der Waals surface area contributed by atoms with Crippen molar-refractivity contribution in [3.63, 3.8) is 0 Å². The van der Waals surface area contributed by atoms with Crippen LogP contribution in [0.15, 0.2) is 18.2 Å². The van der Waals surface area contributed by atoms with Crippen LogP contribution in [0, 0.1) is 17.1 Å². The van der Waals surface area contributed by atoms with Gasteiger partial charge in [-0.05, 0) is 24.5 Å². The van der Waals surface area contributed by atoms with Crippen LogP contribution in [0.25, 0.3) is 0 Å². The molecule has 1 heterocycles. The van der Waals surface area contributed by atoms with E-state index in [4.69, 9.17) is 14.6 Å². The maximum absolute atomic E-state index is 14.3. The number of amides is 1. The standard InChI is InChI=1S/C15H18FN3O4S/c16-13-9-12(2-1-11(13)10-19-24(21)22)15(3-7-23-8-4-15)14(20)18-6-5-17/h1-2,9,19H,3-4,6-8,10H2,(H,18,20)(H,21,22). The summed E-state index contributed by atoms with van der Waals surface area (Å²) in [5.74, 6) is -0.890. The molecule has 0 saturated carbocycles. The van der Waals surface area contributed by atoms with Crippen molar-refractivity contribution in [3.05, 3.63) is 35.1 Å². The molecule has 0 aromatic heterocycles. The Morgan fingerprint density at radius 2 is 2.17 bits per heavy atom. The van der Waals surface area contributed by atoms with Crippen molar-refractivity contribution in [2.45, 2.75) is 24.8 Å². The lowest BCUT2D eigenvalue weighted by molar-refractivity contribution is -0.130. The number of halogens is 1. The highest BCUT2D eigenvalue weighted by atomic mass is 32.2. The minimum Gasteiger partial charge on any atom is -0.381 e. The number of nitrogens with one attached hydrogen (secondary N) is 2. The van der Waals surface area contributed by atoms with E-state index in [1.54, 1.807) is 6.07 Å². The van der Waals surface area contributed by atoms with E-state index < -0.39 is 22.5 Å². The minimum absolute atomic E-state index is 0.105. The first-order valence-corrected chi connectivity index (χ1v) is 8.46. The summed E-state index contributed by atoms with van der Waals surface area (Å²) in [7, 11) is 0. The molecule has 0 bridgehead atoms. The van der Waals surface area contributed by atoms with Crippen molar-refractivity contribution in [3.8, 4) is 6.07 Å². The van der Waals surface area contributed by atoms with Crippen molar-refractivity contribution < 1.29 is 22.7 Å². The molecule has 1 aromatic rings. The number of hydrogen-bond donors (Lipinski definition) is 3. The number of carbonyl (C=O) groups excluding carboxylic acids is 1. The van der Waals surface area contributed by atoms with Crippen LogP contribution in [-0.2, 0) is 32.8 Å². The molecule has 2 rings (SSSR count). The normalized spacial score (nSPS) is 17.7. The maximum atomic E-state index is 14.3. The Kier molecular flexibility index (Phi) is 6.39. The van der Waals surface area contributed by atoms with E-state index in [1.165, 1.54) is 12.1 Å². The molecular weight excluding hydrogens is 337 g/mol. The van der Waals surface area contributed by atoms with Crippen LogP contribution >= 0.6 is 0 Å². The topological polar surface area (TPSA) is 111 Å². The van der Waals surface area contributed by atoms with Crippen molar-refractivity contribution in [1.29, 1.82) is 5.26 Å². The van der Waals surface area contributed by atoms with Crippen LogP contribution < -0.4 is 10.0 Å². The van der Waals surface area contributed by atoms with Crippen molar-refractivity contribution >= 4 is 17.2 Å². The summed E-state index contributed by atoms with van der Waals surface area (Å²) in [4.78, 5) is 12.6. The zero-order valence-electron chi connectivity index (χ0n) is 12.9. The van der Waals surface area contributed by atoms with Gasteiger partial charge in [-0.25, -0.2) is 13.3 Å². The average Bonchev–Trinajstić information content (AvgIpc) is 2.58. The van der Waals surface area contributed by atoms with E-state index in [1.807, 2.05) is 6.07 Å². The number of nitriles is 1. The van der Waals surface area contributed by atoms with Gasteiger partial charge < -0.3 is 10.1 Å². The molecule has 24 heavy (non-hydrogen) atoms. The van der Waals surface area contributed by atoms with Crippen molar-refractivity contribution in [1.82, 2.24) is 10.0 Å². The lowest BCUT2D eigenvalue weighted by Crippen LogP contribution is -2.48. The van der Waals surface area contributed by atoms with Gasteiger partial charge >= 0.3 is 0 Å². The summed E-state index contributed by atoms with van der Waals surface area (Å²) in [5.41, 5.74) is -0.213. The number of nitrogens with zero attached hydrogens (tertiary/aromatic N) is 1. The summed E-state index contributed by atoms with van der Waals surface area (Å²) >= 11 is -2.23. The van der Waals surface area contributed by atoms with Gasteiger partial charge in [0.05, 0.1) is 11.5 Å². The fourth-order valence-corrected chi connectivity index (χ4v) is 3.06. The summed E-state index contributed by atoms with van der Waals surface area (Å²) in [6.45, 7) is 0.517. The lowest BCUT2D eigenvalue weighted by Gasteiger charge is -2.36. The monoisotopic (exact) mass is 355 g/mol. The first kappa shape index (κ1) is 18.5. The van der Waals surface area contributed by atoms with Crippen LogP contribution in [0.3, 0.4) is 0 Å². The zero-order chi connectivity index (χ0) is 17.6. The molecule has 1 aromatic carbocycles. The van der Waals surface area contributed by atoms with E-state index in [2.05, 4.69) is 10.0 Å². The van der Waals surface area contributed by atoms with Gasteiger partial charge in [-0.2, -0.15) is 5.26 Å². The molecule has 0 radical (unpaired) electrons. The maximum Gasteiger partial charge on any atom is 0.232 e. The van der Waals surface area contributed by atoms with Crippen LogP contribution in [0.1, 0.15) is 24.0 Å². The second kappa shape index (κ2) is 8.30. The lowest BCUT2D eigenvalue weighted by atomic mass is 9.73. The van der Waals surface area contributed by atoms with Crippen molar-refractivity contribution in [2.24, 2.45) is 0 Å². The largest absolute Gasteiger partial charge is 0.381 e. The highest BCUT2D eigenvalue weighted by molar-refractivity contribution is 7.77. The molecule has 0 aliphatic carbocycles. The van der Waals surface area contributed by atoms with Gasteiger partial charge in [0.2, 0.25) is 17.2 Å². The molecule has 0 spiro atoms. The first-order valence-electron chi connectivity index (χ1n) is 7.36. The molecular formula is C15H18FN3O4S. The van der Waals surface area contributed by atoms with Gasteiger partial charge in [0, 0.05) is 25.3 Å². The Labute approximate surface area is 141 Å². The van der Waals surface area contributed by atoms with Crippen molar-refractivity contribution in [2.75, 3.05) is 19.8 Å². The smallest absolute Gasteiger partial charge is 0.232 e. The van der Waals surface area contributed by atoms with Crippen LogP contribution in [-0.4, -0.2) is 34.4 Å². The summed E-state index contributed by atoms with van der Waals surface area (Å²) < 4.78 is 41.2. The molecule has 1 aliphatic rings. The Balaban J connectivity index is 2.29. The molecule has 1 atom stereocenters. The second-order valence-corrected chi connectivity index (χ2v) is 6.20. The number of carbonyl (C=O) groups is 1. The van der Waals surface area contributed by atoms with Gasteiger partial charge in [-0.1, -0.05) is 12.1 Å². The molecule has 1 unspecified atom stereocenters. The highest BCUT2D eigenvalue weighted by Gasteiger charge is 2.41. The Hall–Kier alpha value is -1.86. The number of ether oxygens (including phenoxy) is 1. The van der Waals surface area contributed by atoms with Gasteiger partial charge in [0.15, 0.2) is 0 Å². The summed E-state index contributed by atoms with van der Waals surface area (Å²) in [6, 6.07) is 6.25. The van der Waals surface area contributed by atoms with Gasteiger partial charge in [-0.3, -0.25) is 9.35 Å². The van der Waals surface area contributed by atoms with Crippen LogP contribution in [0.4, 0.5) is 4.39 Å². The van der Waals surface area contributed by atoms with E-state index in [9.17, 15) is 13.4 Å². The molecule has 1 amide bonds. The van der Waals surface area contributed by atoms with Crippen LogP contribution in [0.2, 0.25) is 0 Å². The molecule has 1 aliphatic heterocycles. The fraction of sp³-hybridized carbons (Fsp3) is 0.467. The third-order valence-corrected chi connectivity index (χ3v) is 4.49. The van der Waals surface area contributed by atoms with Crippen LogP contribution in [0.5, 0.6) is 0 Å². The molecule has 1 fully saturated rings. The van der Waals surface area contributed by atoms with E-state index in [0.717, 1.165) is 0 Å². The highest BCUT2D eigenvalue weighted by Crippen LogP contribution is 2.36. The van der Waals surface area contributed by atoms with E-state index in [-0.39, 0.29) is 24.6 Å². The zero-order valence-corrected chi connectivity index (χ0v) is 13.7. The third-order valence-electron chi connectivity index (χ3n) is 4.10. The quantitative estimate of drug-likeness (QED) is 0.515.